The van der Waals surface area contributed by atoms with E-state index >= 15 is 0 Å². The average molecular weight is 411 g/mol. The van der Waals surface area contributed by atoms with Crippen LogP contribution < -0.4 is 15.8 Å². The van der Waals surface area contributed by atoms with Crippen molar-refractivity contribution in [2.75, 3.05) is 11.4 Å². The summed E-state index contributed by atoms with van der Waals surface area (Å²) in [6, 6.07) is 12.4. The second kappa shape index (κ2) is 7.97. The number of hydrogen-bond donors (Lipinski definition) is 3. The lowest BCUT2D eigenvalue weighted by Gasteiger charge is -2.19. The second-order valence-corrected chi connectivity index (χ2v) is 7.29. The second-order valence-electron chi connectivity index (χ2n) is 6.85. The van der Waals surface area contributed by atoms with Crippen LogP contribution in [0.2, 0.25) is 5.02 Å². The monoisotopic (exact) mass is 410 g/mol. The third kappa shape index (κ3) is 3.95. The number of hydrazine groups is 1. The van der Waals surface area contributed by atoms with Crippen molar-refractivity contribution in [1.29, 1.82) is 0 Å². The Labute approximate surface area is 172 Å². The fourth-order valence-corrected chi connectivity index (χ4v) is 3.68. The van der Waals surface area contributed by atoms with Gasteiger partial charge in [-0.05, 0) is 36.2 Å². The van der Waals surface area contributed by atoms with Gasteiger partial charge >= 0.3 is 0 Å². The minimum absolute atomic E-state index is 0.0512. The van der Waals surface area contributed by atoms with Crippen molar-refractivity contribution in [1.82, 2.24) is 15.8 Å². The molecule has 0 unspecified atom stereocenters. The van der Waals surface area contributed by atoms with E-state index in [2.05, 4.69) is 15.8 Å². The maximum atomic E-state index is 12.6. The number of aromatic amines is 1. The number of rotatable bonds is 4. The molecule has 1 fully saturated rings. The first-order valence-electron chi connectivity index (χ1n) is 9.27. The minimum Gasteiger partial charge on any atom is -0.361 e. The zero-order valence-electron chi connectivity index (χ0n) is 15.5. The van der Waals surface area contributed by atoms with Gasteiger partial charge in [-0.15, -0.1) is 0 Å². The van der Waals surface area contributed by atoms with Gasteiger partial charge in [0.05, 0.1) is 17.7 Å². The number of H-pyrrole nitrogens is 1. The number of carbonyl (C=O) groups is 3. The number of benzene rings is 2. The van der Waals surface area contributed by atoms with E-state index in [0.717, 1.165) is 22.9 Å². The van der Waals surface area contributed by atoms with Crippen molar-refractivity contribution in [2.45, 2.75) is 19.3 Å². The summed E-state index contributed by atoms with van der Waals surface area (Å²) >= 11 is 6.06. The third-order valence-electron chi connectivity index (χ3n) is 4.91. The van der Waals surface area contributed by atoms with E-state index in [4.69, 9.17) is 11.6 Å². The normalized spacial score (nSPS) is 13.7. The zero-order chi connectivity index (χ0) is 20.4. The molecule has 3 amide bonds. The summed E-state index contributed by atoms with van der Waals surface area (Å²) in [7, 11) is 0. The lowest BCUT2D eigenvalue weighted by atomic mass is 10.1. The highest BCUT2D eigenvalue weighted by molar-refractivity contribution is 6.31. The lowest BCUT2D eigenvalue weighted by molar-refractivity contribution is -0.121. The van der Waals surface area contributed by atoms with Crippen molar-refractivity contribution in [2.24, 2.45) is 0 Å². The Balaban J connectivity index is 1.44. The van der Waals surface area contributed by atoms with E-state index in [-0.39, 0.29) is 23.8 Å². The molecule has 7 nitrogen and oxygen atoms in total. The van der Waals surface area contributed by atoms with Crippen LogP contribution in [0, 0.1) is 0 Å². The molecule has 0 atom stereocenters. The number of amides is 3. The number of nitrogens with zero attached hydrogens (tertiary/aromatic N) is 1. The van der Waals surface area contributed by atoms with Gasteiger partial charge in [0.15, 0.2) is 0 Å². The van der Waals surface area contributed by atoms with E-state index in [9.17, 15) is 14.4 Å². The van der Waals surface area contributed by atoms with Crippen LogP contribution in [0.1, 0.15) is 28.8 Å². The third-order valence-corrected chi connectivity index (χ3v) is 5.15. The Morgan fingerprint density at radius 2 is 1.97 bits per heavy atom. The first-order chi connectivity index (χ1) is 14.0. The largest absolute Gasteiger partial charge is 0.361 e. The van der Waals surface area contributed by atoms with Crippen molar-refractivity contribution in [3.8, 4) is 0 Å². The van der Waals surface area contributed by atoms with E-state index in [1.54, 1.807) is 29.3 Å². The van der Waals surface area contributed by atoms with Crippen LogP contribution in [0.3, 0.4) is 0 Å². The molecule has 1 saturated heterocycles. The number of nitrogens with one attached hydrogen (secondary N) is 3. The van der Waals surface area contributed by atoms with Crippen LogP contribution in [-0.2, 0) is 16.0 Å². The predicted molar refractivity (Wildman–Crippen MR) is 111 cm³/mol. The average Bonchev–Trinajstić information content (AvgIpc) is 3.32. The first-order valence-corrected chi connectivity index (χ1v) is 9.65. The van der Waals surface area contributed by atoms with Crippen LogP contribution in [-0.4, -0.2) is 29.3 Å². The van der Waals surface area contributed by atoms with Crippen molar-refractivity contribution in [3.63, 3.8) is 0 Å². The molecule has 4 rings (SSSR count). The van der Waals surface area contributed by atoms with Gasteiger partial charge in [0.2, 0.25) is 11.8 Å². The fourth-order valence-electron chi connectivity index (χ4n) is 3.51. The molecule has 0 spiro atoms. The number of anilines is 1. The minimum atomic E-state index is -0.511. The Morgan fingerprint density at radius 3 is 2.76 bits per heavy atom. The van der Waals surface area contributed by atoms with E-state index < -0.39 is 5.91 Å². The van der Waals surface area contributed by atoms with Gasteiger partial charge < -0.3 is 9.88 Å². The van der Waals surface area contributed by atoms with Crippen LogP contribution in [0.15, 0.2) is 48.7 Å². The highest BCUT2D eigenvalue weighted by Gasteiger charge is 2.26. The van der Waals surface area contributed by atoms with Crippen LogP contribution in [0.5, 0.6) is 0 Å². The Bertz CT molecular complexity index is 1110. The molecule has 0 radical (unpaired) electrons. The molecule has 3 aromatic rings. The molecule has 0 aliphatic carbocycles. The number of carbonyl (C=O) groups excluding carboxylic acids is 3. The summed E-state index contributed by atoms with van der Waals surface area (Å²) in [6.45, 7) is 0.534. The maximum Gasteiger partial charge on any atom is 0.271 e. The van der Waals surface area contributed by atoms with Crippen LogP contribution in [0.4, 0.5) is 5.69 Å². The summed E-state index contributed by atoms with van der Waals surface area (Å²) in [4.78, 5) is 41.7. The van der Waals surface area contributed by atoms with Gasteiger partial charge in [0.1, 0.15) is 0 Å². The number of fused-ring (bicyclic) bond motifs is 1. The summed E-state index contributed by atoms with van der Waals surface area (Å²) in [5, 5.41) is 1.39. The fraction of sp³-hybridized carbons (Fsp3) is 0.190. The molecule has 2 aromatic carbocycles. The van der Waals surface area contributed by atoms with Gasteiger partial charge in [0, 0.05) is 35.1 Å². The van der Waals surface area contributed by atoms with Gasteiger partial charge in [-0.3, -0.25) is 25.2 Å². The van der Waals surface area contributed by atoms with Gasteiger partial charge in [-0.25, -0.2) is 0 Å². The summed E-state index contributed by atoms with van der Waals surface area (Å²) in [5.74, 6) is -0.913. The summed E-state index contributed by atoms with van der Waals surface area (Å²) in [6.07, 6.45) is 3.06. The Kier molecular flexibility index (Phi) is 5.22. The number of halogens is 1. The SMILES string of the molecule is O=C(Cc1c[nH]c2ccccc12)NNC(=O)c1ccc(Cl)cc1N1CCCC1=O. The lowest BCUT2D eigenvalue weighted by Crippen LogP contribution is -2.43. The van der Waals surface area contributed by atoms with E-state index in [0.29, 0.717) is 23.7 Å². The summed E-state index contributed by atoms with van der Waals surface area (Å²) in [5.41, 5.74) is 7.37. The molecule has 148 valence electrons. The number of aromatic nitrogens is 1. The van der Waals surface area contributed by atoms with Crippen molar-refractivity contribution >= 4 is 45.9 Å². The van der Waals surface area contributed by atoms with Gasteiger partial charge in [-0.1, -0.05) is 29.8 Å². The molecule has 1 aliphatic heterocycles. The zero-order valence-corrected chi connectivity index (χ0v) is 16.3. The van der Waals surface area contributed by atoms with Crippen LogP contribution >= 0.6 is 11.6 Å². The molecule has 29 heavy (non-hydrogen) atoms. The molecule has 1 aliphatic rings. The number of para-hydroxylation sites is 1. The predicted octanol–water partition coefficient (Wildman–Crippen LogP) is 2.95. The standard InChI is InChI=1S/C21H19ClN4O3/c22-14-7-8-16(18(11-14)26-9-3-6-20(26)28)21(29)25-24-19(27)10-13-12-23-17-5-2-1-4-15(13)17/h1-2,4-5,7-8,11-12,23H,3,6,9-10H2,(H,24,27)(H,25,29). The van der Waals surface area contributed by atoms with E-state index in [1.165, 1.54) is 0 Å². The van der Waals surface area contributed by atoms with Crippen molar-refractivity contribution in [3.05, 3.63) is 64.8 Å². The molecule has 3 N–H and O–H groups in total. The topological polar surface area (TPSA) is 94.3 Å². The smallest absolute Gasteiger partial charge is 0.271 e. The highest BCUT2D eigenvalue weighted by atomic mass is 35.5. The molecular weight excluding hydrogens is 392 g/mol. The van der Waals surface area contributed by atoms with Crippen molar-refractivity contribution < 1.29 is 14.4 Å². The van der Waals surface area contributed by atoms with Gasteiger partial charge in [-0.2, -0.15) is 0 Å². The Hall–Kier alpha value is -3.32. The van der Waals surface area contributed by atoms with Crippen LogP contribution in [0.25, 0.3) is 10.9 Å². The molecule has 1 aromatic heterocycles. The Morgan fingerprint density at radius 1 is 1.14 bits per heavy atom. The summed E-state index contributed by atoms with van der Waals surface area (Å²) < 4.78 is 0. The molecule has 0 saturated carbocycles. The van der Waals surface area contributed by atoms with E-state index in [1.807, 2.05) is 24.3 Å². The number of hydrogen-bond acceptors (Lipinski definition) is 3. The molecular formula is C21H19ClN4O3. The maximum absolute atomic E-state index is 12.6. The molecule has 0 bridgehead atoms. The molecule has 8 heteroatoms. The highest BCUT2D eigenvalue weighted by Crippen LogP contribution is 2.28. The van der Waals surface area contributed by atoms with Gasteiger partial charge in [0.25, 0.3) is 5.91 Å². The molecule has 2 heterocycles. The quantitative estimate of drug-likeness (QED) is 0.577. The first kappa shape index (κ1) is 19.0.